The quantitative estimate of drug-likeness (QED) is 0.126. The van der Waals surface area contributed by atoms with Gasteiger partial charge in [-0.05, 0) is 59.7 Å². The van der Waals surface area contributed by atoms with Crippen molar-refractivity contribution in [3.05, 3.63) is 41.5 Å². The van der Waals surface area contributed by atoms with E-state index in [0.29, 0.717) is 12.0 Å². The zero-order valence-electron chi connectivity index (χ0n) is 22.7. The van der Waals surface area contributed by atoms with Crippen LogP contribution in [0.2, 0.25) is 0 Å². The molecular formula is C30H47KO3S. The monoisotopic (exact) mass is 526 g/mol. The predicted octanol–water partition coefficient (Wildman–Crippen LogP) is 6.11. The van der Waals surface area contributed by atoms with Crippen LogP contribution in [0.1, 0.15) is 128 Å². The summed E-state index contributed by atoms with van der Waals surface area (Å²) in [5.74, 6) is 0. The molecular weight excluding hydrogens is 479 g/mol. The van der Waals surface area contributed by atoms with Crippen molar-refractivity contribution in [1.29, 1.82) is 0 Å². The maximum absolute atomic E-state index is 12.0. The number of hydrogen-bond donors (Lipinski definition) is 0. The molecule has 2 aromatic carbocycles. The van der Waals surface area contributed by atoms with Crippen LogP contribution in [0.15, 0.2) is 35.2 Å². The molecule has 192 valence electrons. The summed E-state index contributed by atoms with van der Waals surface area (Å²) in [6, 6.07) is 9.70. The molecule has 2 aromatic rings. The van der Waals surface area contributed by atoms with Gasteiger partial charge in [-0.2, -0.15) is 0 Å². The second-order valence-electron chi connectivity index (χ2n) is 10.0. The summed E-state index contributed by atoms with van der Waals surface area (Å²) < 4.78 is 36.0. The zero-order valence-corrected chi connectivity index (χ0v) is 26.7. The summed E-state index contributed by atoms with van der Waals surface area (Å²) in [7, 11) is -4.48. The van der Waals surface area contributed by atoms with Gasteiger partial charge in [0.1, 0.15) is 10.1 Å². The van der Waals surface area contributed by atoms with Crippen molar-refractivity contribution in [2.24, 2.45) is 0 Å². The van der Waals surface area contributed by atoms with E-state index in [0.717, 1.165) is 36.5 Å². The zero-order chi connectivity index (χ0) is 24.7. The molecule has 0 aromatic heterocycles. The van der Waals surface area contributed by atoms with E-state index in [9.17, 15) is 13.0 Å². The van der Waals surface area contributed by atoms with Gasteiger partial charge in [0.25, 0.3) is 0 Å². The van der Waals surface area contributed by atoms with Gasteiger partial charge in [0.05, 0.1) is 4.90 Å². The molecule has 0 aliphatic carbocycles. The molecule has 0 aliphatic rings. The fourth-order valence-electron chi connectivity index (χ4n) is 4.96. The van der Waals surface area contributed by atoms with Crippen molar-refractivity contribution in [2.75, 3.05) is 0 Å². The van der Waals surface area contributed by atoms with Gasteiger partial charge in [-0.3, -0.25) is 0 Å². The Labute approximate surface area is 258 Å². The van der Waals surface area contributed by atoms with Crippen LogP contribution in [0.5, 0.6) is 0 Å². The Balaban J connectivity index is 0.00000612. The van der Waals surface area contributed by atoms with Gasteiger partial charge in [-0.1, -0.05) is 122 Å². The second kappa shape index (κ2) is 19.3. The second-order valence-corrected chi connectivity index (χ2v) is 11.4. The fraction of sp³-hybridized carbons (Fsp3) is 0.667. The molecule has 0 amide bonds. The molecule has 0 saturated carbocycles. The minimum absolute atomic E-state index is 0. The molecule has 0 aliphatic heterocycles. The molecule has 0 saturated heterocycles. The van der Waals surface area contributed by atoms with Crippen molar-refractivity contribution >= 4 is 20.9 Å². The third kappa shape index (κ3) is 13.0. The summed E-state index contributed by atoms with van der Waals surface area (Å²) in [5, 5.41) is 1.98. The molecule has 2 rings (SSSR count). The van der Waals surface area contributed by atoms with Gasteiger partial charge in [0, 0.05) is 0 Å². The molecule has 0 radical (unpaired) electrons. The van der Waals surface area contributed by atoms with Gasteiger partial charge in [-0.25, -0.2) is 8.42 Å². The topological polar surface area (TPSA) is 57.2 Å². The minimum atomic E-state index is -4.48. The van der Waals surface area contributed by atoms with E-state index >= 15 is 0 Å². The molecule has 0 heterocycles. The maximum atomic E-state index is 12.0. The average molecular weight is 527 g/mol. The van der Waals surface area contributed by atoms with Crippen LogP contribution < -0.4 is 51.4 Å². The first kappa shape index (κ1) is 33.3. The van der Waals surface area contributed by atoms with E-state index in [2.05, 4.69) is 19.9 Å². The van der Waals surface area contributed by atoms with E-state index in [1.807, 2.05) is 18.2 Å². The van der Waals surface area contributed by atoms with Crippen LogP contribution in [-0.2, 0) is 23.0 Å². The van der Waals surface area contributed by atoms with Crippen LogP contribution >= 0.6 is 0 Å². The summed E-state index contributed by atoms with van der Waals surface area (Å²) in [6.07, 6.45) is 21.6. The molecule has 0 fully saturated rings. The van der Waals surface area contributed by atoms with Crippen LogP contribution in [0, 0.1) is 0 Å². The van der Waals surface area contributed by atoms with Gasteiger partial charge in [-0.15, -0.1) is 0 Å². The van der Waals surface area contributed by atoms with Gasteiger partial charge >= 0.3 is 51.4 Å². The largest absolute Gasteiger partial charge is 1.00 e. The van der Waals surface area contributed by atoms with E-state index in [4.69, 9.17) is 0 Å². The Morgan fingerprint density at radius 2 is 1.09 bits per heavy atom. The molecule has 0 bridgehead atoms. The summed E-state index contributed by atoms with van der Waals surface area (Å²) >= 11 is 0. The molecule has 0 atom stereocenters. The van der Waals surface area contributed by atoms with E-state index in [-0.39, 0.29) is 56.3 Å². The van der Waals surface area contributed by atoms with Gasteiger partial charge in [0.15, 0.2) is 0 Å². The summed E-state index contributed by atoms with van der Waals surface area (Å²) in [6.45, 7) is 4.48. The van der Waals surface area contributed by atoms with Gasteiger partial charge in [0.2, 0.25) is 0 Å². The van der Waals surface area contributed by atoms with Crippen LogP contribution in [0.4, 0.5) is 0 Å². The first-order chi connectivity index (χ1) is 16.5. The SMILES string of the molecule is CCCCCCCCCCc1cc2c(CCCCCCCCCC)cccc2cc1S(=O)(=O)[O-].[K+]. The molecule has 0 unspecified atom stereocenters. The standard InChI is InChI=1S/C30H48O3S.K/c1-3-5-7-9-11-13-15-17-20-26-22-19-23-27-25-30(34(31,32)33)28(24-29(26)27)21-18-16-14-12-10-8-6-4-2;/h19,22-25H,3-18,20-21H2,1-2H3,(H,31,32,33);/q;+1/p-1. The fourth-order valence-corrected chi connectivity index (χ4v) is 5.71. The number of hydrogen-bond acceptors (Lipinski definition) is 3. The maximum Gasteiger partial charge on any atom is 1.00 e. The Hall–Kier alpha value is 0.246. The Kier molecular flexibility index (Phi) is 18.4. The number of benzene rings is 2. The normalized spacial score (nSPS) is 11.6. The van der Waals surface area contributed by atoms with Crippen molar-refractivity contribution in [3.63, 3.8) is 0 Å². The molecule has 35 heavy (non-hydrogen) atoms. The first-order valence-corrected chi connectivity index (χ1v) is 15.4. The van der Waals surface area contributed by atoms with Crippen molar-refractivity contribution in [2.45, 2.75) is 134 Å². The molecule has 5 heteroatoms. The predicted molar refractivity (Wildman–Crippen MR) is 145 cm³/mol. The van der Waals surface area contributed by atoms with Crippen molar-refractivity contribution in [3.8, 4) is 0 Å². The summed E-state index contributed by atoms with van der Waals surface area (Å²) in [5.41, 5.74) is 1.98. The Bertz CT molecular complexity index is 940. The number of unbranched alkanes of at least 4 members (excludes halogenated alkanes) is 14. The molecule has 0 N–H and O–H groups in total. The molecule has 3 nitrogen and oxygen atoms in total. The van der Waals surface area contributed by atoms with Crippen LogP contribution in [0.25, 0.3) is 10.8 Å². The van der Waals surface area contributed by atoms with Gasteiger partial charge < -0.3 is 4.55 Å². The first-order valence-electron chi connectivity index (χ1n) is 14.0. The average Bonchev–Trinajstić information content (AvgIpc) is 2.81. The van der Waals surface area contributed by atoms with Crippen molar-refractivity contribution < 1.29 is 64.4 Å². The molecule has 0 spiro atoms. The third-order valence-corrected chi connectivity index (χ3v) is 7.94. The van der Waals surface area contributed by atoms with E-state index < -0.39 is 10.1 Å². The minimum Gasteiger partial charge on any atom is -0.744 e. The Morgan fingerprint density at radius 3 is 1.57 bits per heavy atom. The Morgan fingerprint density at radius 1 is 0.629 bits per heavy atom. The van der Waals surface area contributed by atoms with Crippen LogP contribution in [-0.4, -0.2) is 13.0 Å². The van der Waals surface area contributed by atoms with Crippen LogP contribution in [0.3, 0.4) is 0 Å². The van der Waals surface area contributed by atoms with E-state index in [1.165, 1.54) is 89.0 Å². The van der Waals surface area contributed by atoms with E-state index in [1.54, 1.807) is 6.07 Å². The number of aryl methyl sites for hydroxylation is 2. The number of fused-ring (bicyclic) bond motifs is 1. The third-order valence-electron chi connectivity index (χ3n) is 7.02. The van der Waals surface area contributed by atoms with Crippen molar-refractivity contribution in [1.82, 2.24) is 0 Å². The summed E-state index contributed by atoms with van der Waals surface area (Å²) in [4.78, 5) is -0.0211. The number of rotatable bonds is 19. The smallest absolute Gasteiger partial charge is 0.744 e.